The van der Waals surface area contributed by atoms with E-state index in [4.69, 9.17) is 0 Å². The lowest BCUT2D eigenvalue weighted by atomic mass is 9.84. The molecule has 1 saturated carbocycles. The lowest BCUT2D eigenvalue weighted by molar-refractivity contribution is 0.321. The molecule has 0 aliphatic heterocycles. The number of aryl methyl sites for hydroxylation is 1. The summed E-state index contributed by atoms with van der Waals surface area (Å²) in [4.78, 5) is 4.57. The van der Waals surface area contributed by atoms with Crippen molar-refractivity contribution in [3.8, 4) is 0 Å². The van der Waals surface area contributed by atoms with E-state index < -0.39 is 0 Å². The van der Waals surface area contributed by atoms with Gasteiger partial charge in [-0.05, 0) is 45.1 Å². The number of nitrogens with zero attached hydrogens (tertiary/aromatic N) is 1. The zero-order chi connectivity index (χ0) is 10.9. The van der Waals surface area contributed by atoms with Gasteiger partial charge in [0.25, 0.3) is 0 Å². The van der Waals surface area contributed by atoms with Crippen LogP contribution in [0.25, 0.3) is 0 Å². The van der Waals surface area contributed by atoms with E-state index in [-0.39, 0.29) is 0 Å². The molecule has 0 saturated heterocycles. The van der Waals surface area contributed by atoms with Gasteiger partial charge in [-0.2, -0.15) is 0 Å². The highest BCUT2D eigenvalue weighted by molar-refractivity contribution is 7.09. The predicted molar refractivity (Wildman–Crippen MR) is 65.4 cm³/mol. The topological polar surface area (TPSA) is 24.9 Å². The highest BCUT2D eigenvalue weighted by atomic mass is 32.1. The van der Waals surface area contributed by atoms with Gasteiger partial charge in [-0.1, -0.05) is 6.92 Å². The summed E-state index contributed by atoms with van der Waals surface area (Å²) in [5.41, 5.74) is 1.76. The molecular formula is C12H20N2S. The largest absolute Gasteiger partial charge is 0.317 e. The maximum atomic E-state index is 4.57. The molecular weight excluding hydrogens is 204 g/mol. The smallest absolute Gasteiger partial charge is 0.0897 e. The number of hydrogen-bond acceptors (Lipinski definition) is 3. The summed E-state index contributed by atoms with van der Waals surface area (Å²) in [5.74, 6) is 0. The third-order valence-corrected chi connectivity index (χ3v) is 4.34. The minimum absolute atomic E-state index is 0.466. The molecule has 1 heterocycles. The maximum absolute atomic E-state index is 4.57. The molecule has 15 heavy (non-hydrogen) atoms. The summed E-state index contributed by atoms with van der Waals surface area (Å²) in [5, 5.41) is 6.80. The van der Waals surface area contributed by atoms with E-state index in [1.54, 1.807) is 11.3 Å². The van der Waals surface area contributed by atoms with Crippen molar-refractivity contribution < 1.29 is 0 Å². The molecule has 2 nitrogen and oxygen atoms in total. The molecule has 1 N–H and O–H groups in total. The van der Waals surface area contributed by atoms with Crippen LogP contribution in [0.5, 0.6) is 0 Å². The summed E-state index contributed by atoms with van der Waals surface area (Å²) in [6.07, 6.45) is 5.08. The Labute approximate surface area is 96.1 Å². The number of thiazole rings is 1. The van der Waals surface area contributed by atoms with Crippen LogP contribution in [0.3, 0.4) is 0 Å². The van der Waals surface area contributed by atoms with Crippen LogP contribution in [0.1, 0.15) is 36.9 Å². The number of aromatic nitrogens is 1. The molecule has 3 heteroatoms. The molecule has 2 rings (SSSR count). The monoisotopic (exact) mass is 224 g/mol. The van der Waals surface area contributed by atoms with Crippen molar-refractivity contribution in [2.45, 2.75) is 45.6 Å². The Morgan fingerprint density at radius 1 is 1.67 bits per heavy atom. The first-order chi connectivity index (χ1) is 7.11. The highest BCUT2D eigenvalue weighted by Crippen LogP contribution is 2.40. The molecule has 1 aliphatic rings. The van der Waals surface area contributed by atoms with Gasteiger partial charge >= 0.3 is 0 Å². The molecule has 0 aromatic carbocycles. The van der Waals surface area contributed by atoms with E-state index in [2.05, 4.69) is 36.6 Å². The molecule has 1 aromatic rings. The van der Waals surface area contributed by atoms with E-state index in [0.717, 1.165) is 12.5 Å². The first kappa shape index (κ1) is 11.1. The number of hydrogen-bond donors (Lipinski definition) is 1. The van der Waals surface area contributed by atoms with Crippen molar-refractivity contribution in [2.24, 2.45) is 5.41 Å². The Bertz CT molecular complexity index is 334. The van der Waals surface area contributed by atoms with Crippen LogP contribution in [-0.2, 0) is 6.42 Å². The lowest BCUT2D eigenvalue weighted by Crippen LogP contribution is -2.24. The minimum Gasteiger partial charge on any atom is -0.317 e. The van der Waals surface area contributed by atoms with Crippen LogP contribution in [0.4, 0.5) is 0 Å². The fourth-order valence-electron chi connectivity index (χ4n) is 2.66. The fraction of sp³-hybridized carbons (Fsp3) is 0.750. The molecule has 0 radical (unpaired) electrons. The van der Waals surface area contributed by atoms with E-state index in [1.807, 2.05) is 0 Å². The molecule has 1 aromatic heterocycles. The van der Waals surface area contributed by atoms with Crippen molar-refractivity contribution in [1.29, 1.82) is 0 Å². The highest BCUT2D eigenvalue weighted by Gasteiger charge is 2.34. The first-order valence-electron chi connectivity index (χ1n) is 5.70. The van der Waals surface area contributed by atoms with Crippen LogP contribution in [0.2, 0.25) is 0 Å². The Morgan fingerprint density at radius 3 is 3.00 bits per heavy atom. The van der Waals surface area contributed by atoms with Crippen molar-refractivity contribution in [3.63, 3.8) is 0 Å². The van der Waals surface area contributed by atoms with Crippen LogP contribution in [-0.4, -0.2) is 18.1 Å². The van der Waals surface area contributed by atoms with Crippen molar-refractivity contribution in [1.82, 2.24) is 10.3 Å². The first-order valence-corrected chi connectivity index (χ1v) is 6.57. The molecule has 0 spiro atoms. The molecule has 2 atom stereocenters. The zero-order valence-corrected chi connectivity index (χ0v) is 10.7. The Hall–Kier alpha value is -0.410. The molecule has 84 valence electrons. The quantitative estimate of drug-likeness (QED) is 0.854. The predicted octanol–water partition coefficient (Wildman–Crippen LogP) is 2.77. The third kappa shape index (κ3) is 2.58. The normalized spacial score (nSPS) is 31.0. The number of nitrogens with one attached hydrogen (secondary N) is 1. The lowest BCUT2D eigenvalue weighted by Gasteiger charge is -2.22. The SMILES string of the molecule is CNC1CCC(C)(Cc2csc(C)n2)C1. The fourth-order valence-corrected chi connectivity index (χ4v) is 3.27. The van der Waals surface area contributed by atoms with Crippen molar-refractivity contribution in [3.05, 3.63) is 16.1 Å². The summed E-state index contributed by atoms with van der Waals surface area (Å²) < 4.78 is 0. The van der Waals surface area contributed by atoms with Gasteiger partial charge in [0.15, 0.2) is 0 Å². The molecule has 0 bridgehead atoms. The van der Waals surface area contributed by atoms with Gasteiger partial charge in [-0.25, -0.2) is 4.98 Å². The molecule has 1 fully saturated rings. The molecule has 0 amide bonds. The maximum Gasteiger partial charge on any atom is 0.0897 e. The van der Waals surface area contributed by atoms with E-state index in [0.29, 0.717) is 5.41 Å². The zero-order valence-electron chi connectivity index (χ0n) is 9.84. The average molecular weight is 224 g/mol. The van der Waals surface area contributed by atoms with Gasteiger partial charge in [0.2, 0.25) is 0 Å². The second kappa shape index (κ2) is 4.22. The van der Waals surface area contributed by atoms with E-state index in [1.165, 1.54) is 30.0 Å². The van der Waals surface area contributed by atoms with Crippen molar-refractivity contribution in [2.75, 3.05) is 7.05 Å². The Kier molecular flexibility index (Phi) is 3.12. The van der Waals surface area contributed by atoms with E-state index in [9.17, 15) is 0 Å². The van der Waals surface area contributed by atoms with Gasteiger partial charge in [-0.3, -0.25) is 0 Å². The van der Waals surface area contributed by atoms with Crippen molar-refractivity contribution >= 4 is 11.3 Å². The van der Waals surface area contributed by atoms with Crippen LogP contribution >= 0.6 is 11.3 Å². The molecule has 1 aliphatic carbocycles. The van der Waals surface area contributed by atoms with E-state index >= 15 is 0 Å². The van der Waals surface area contributed by atoms with Gasteiger partial charge in [-0.15, -0.1) is 11.3 Å². The summed E-state index contributed by atoms with van der Waals surface area (Å²) in [6.45, 7) is 4.49. The third-order valence-electron chi connectivity index (χ3n) is 3.52. The van der Waals surface area contributed by atoms with Crippen LogP contribution in [0.15, 0.2) is 5.38 Å². The Morgan fingerprint density at radius 2 is 2.47 bits per heavy atom. The van der Waals surface area contributed by atoms with Gasteiger partial charge in [0.1, 0.15) is 0 Å². The second-order valence-electron chi connectivity index (χ2n) is 5.07. The molecule has 2 unspecified atom stereocenters. The van der Waals surface area contributed by atoms with Gasteiger partial charge in [0.05, 0.1) is 10.7 Å². The second-order valence-corrected chi connectivity index (χ2v) is 6.14. The van der Waals surface area contributed by atoms with Gasteiger partial charge in [0, 0.05) is 11.4 Å². The van der Waals surface area contributed by atoms with Gasteiger partial charge < -0.3 is 5.32 Å². The standard InChI is InChI=1S/C12H20N2S/c1-9-14-11(8-15-9)7-12(2)5-4-10(6-12)13-3/h8,10,13H,4-7H2,1-3H3. The summed E-state index contributed by atoms with van der Waals surface area (Å²) in [7, 11) is 2.07. The summed E-state index contributed by atoms with van der Waals surface area (Å²) >= 11 is 1.77. The number of rotatable bonds is 3. The average Bonchev–Trinajstić information content (AvgIpc) is 2.74. The summed E-state index contributed by atoms with van der Waals surface area (Å²) in [6, 6.07) is 0.717. The Balaban J connectivity index is 2.00. The van der Waals surface area contributed by atoms with Crippen LogP contribution < -0.4 is 5.32 Å². The van der Waals surface area contributed by atoms with Crippen LogP contribution in [0, 0.1) is 12.3 Å². The minimum atomic E-state index is 0.466.